The Kier molecular flexibility index (Phi) is 4.64. The number of likely N-dealkylation sites (N-methyl/N-ethyl adjacent to an activating group) is 1. The number of morpholine rings is 1. The number of rotatable bonds is 3. The van der Waals surface area contributed by atoms with Gasteiger partial charge in [-0.25, -0.2) is 4.98 Å². The Bertz CT molecular complexity index is 757. The zero-order valence-electron chi connectivity index (χ0n) is 13.8. The van der Waals surface area contributed by atoms with Crippen LogP contribution in [-0.2, 0) is 14.3 Å². The number of nitrogens with one attached hydrogen (secondary N) is 1. The van der Waals surface area contributed by atoms with Crippen molar-refractivity contribution < 1.29 is 14.3 Å². The van der Waals surface area contributed by atoms with Gasteiger partial charge in [0.2, 0.25) is 5.91 Å². The van der Waals surface area contributed by atoms with Crippen molar-refractivity contribution in [3.63, 3.8) is 0 Å². The molecule has 1 N–H and O–H groups in total. The molecule has 7 heteroatoms. The van der Waals surface area contributed by atoms with Crippen LogP contribution in [0.3, 0.4) is 0 Å². The lowest BCUT2D eigenvalue weighted by Gasteiger charge is -2.38. The van der Waals surface area contributed by atoms with Gasteiger partial charge in [-0.05, 0) is 19.4 Å². The standard InChI is InChI=1S/C17H19N3O3S/c1-10-4-6-12(7-5-10)14-15(23-9-13(21)20(14)3)16(22)19-17-18-8-11(2)24-17/h4-8,14-15H,9H2,1-3H3,(H,18,19,22)/t14-,15+/m0/s1. The second-order valence-corrected chi connectivity index (χ2v) is 7.09. The van der Waals surface area contributed by atoms with Crippen molar-refractivity contribution in [2.24, 2.45) is 0 Å². The third-order valence-corrected chi connectivity index (χ3v) is 4.84. The van der Waals surface area contributed by atoms with Gasteiger partial charge in [0.15, 0.2) is 11.2 Å². The van der Waals surface area contributed by atoms with Gasteiger partial charge in [0.25, 0.3) is 5.91 Å². The highest BCUT2D eigenvalue weighted by atomic mass is 32.1. The van der Waals surface area contributed by atoms with Crippen molar-refractivity contribution in [1.29, 1.82) is 0 Å². The Morgan fingerprint density at radius 2 is 2.04 bits per heavy atom. The molecular formula is C17H19N3O3S. The molecule has 0 aliphatic carbocycles. The van der Waals surface area contributed by atoms with Gasteiger partial charge in [-0.2, -0.15) is 0 Å². The molecule has 1 fully saturated rings. The first kappa shape index (κ1) is 16.6. The molecule has 126 valence electrons. The number of anilines is 1. The first-order chi connectivity index (χ1) is 11.5. The number of aromatic nitrogens is 1. The molecule has 6 nitrogen and oxygen atoms in total. The van der Waals surface area contributed by atoms with Crippen LogP contribution in [-0.4, -0.2) is 41.5 Å². The van der Waals surface area contributed by atoms with E-state index < -0.39 is 12.1 Å². The molecule has 3 rings (SSSR count). The van der Waals surface area contributed by atoms with E-state index in [9.17, 15) is 9.59 Å². The number of benzene rings is 1. The number of carbonyl (C=O) groups excluding carboxylic acids is 2. The summed E-state index contributed by atoms with van der Waals surface area (Å²) in [6, 6.07) is 7.30. The van der Waals surface area contributed by atoms with Gasteiger partial charge in [0.1, 0.15) is 6.61 Å². The largest absolute Gasteiger partial charge is 0.356 e. The van der Waals surface area contributed by atoms with Crippen molar-refractivity contribution in [3.8, 4) is 0 Å². The Morgan fingerprint density at radius 1 is 1.33 bits per heavy atom. The molecule has 2 atom stereocenters. The van der Waals surface area contributed by atoms with Crippen LogP contribution in [0.15, 0.2) is 30.5 Å². The second-order valence-electron chi connectivity index (χ2n) is 5.86. The fourth-order valence-corrected chi connectivity index (χ4v) is 3.35. The topological polar surface area (TPSA) is 71.5 Å². The summed E-state index contributed by atoms with van der Waals surface area (Å²) >= 11 is 1.40. The van der Waals surface area contributed by atoms with Crippen LogP contribution in [0.5, 0.6) is 0 Å². The highest BCUT2D eigenvalue weighted by molar-refractivity contribution is 7.15. The molecule has 1 aliphatic heterocycles. The average Bonchev–Trinajstić information content (AvgIpc) is 2.96. The molecule has 2 amide bonds. The molecule has 1 aromatic carbocycles. The predicted molar refractivity (Wildman–Crippen MR) is 91.9 cm³/mol. The van der Waals surface area contributed by atoms with E-state index in [0.717, 1.165) is 16.0 Å². The van der Waals surface area contributed by atoms with Crippen molar-refractivity contribution >= 4 is 28.3 Å². The molecule has 1 aromatic heterocycles. The molecule has 0 radical (unpaired) electrons. The Labute approximate surface area is 144 Å². The summed E-state index contributed by atoms with van der Waals surface area (Å²) < 4.78 is 5.57. The van der Waals surface area contributed by atoms with E-state index in [2.05, 4.69) is 10.3 Å². The molecule has 2 aromatic rings. The fourth-order valence-electron chi connectivity index (χ4n) is 2.68. The van der Waals surface area contributed by atoms with Gasteiger partial charge in [-0.3, -0.25) is 14.9 Å². The van der Waals surface area contributed by atoms with E-state index in [0.29, 0.717) is 5.13 Å². The Balaban J connectivity index is 1.86. The number of aryl methyl sites for hydroxylation is 2. The van der Waals surface area contributed by atoms with Gasteiger partial charge in [-0.1, -0.05) is 29.8 Å². The van der Waals surface area contributed by atoms with E-state index in [1.54, 1.807) is 18.1 Å². The number of hydrogen-bond donors (Lipinski definition) is 1. The maximum atomic E-state index is 12.7. The lowest BCUT2D eigenvalue weighted by molar-refractivity contribution is -0.160. The molecule has 0 spiro atoms. The molecule has 24 heavy (non-hydrogen) atoms. The van der Waals surface area contributed by atoms with E-state index in [1.165, 1.54) is 11.3 Å². The molecule has 1 saturated heterocycles. The lowest BCUT2D eigenvalue weighted by Crippen LogP contribution is -2.51. The van der Waals surface area contributed by atoms with Crippen LogP contribution in [0.2, 0.25) is 0 Å². The van der Waals surface area contributed by atoms with E-state index in [4.69, 9.17) is 4.74 Å². The van der Waals surface area contributed by atoms with Crippen LogP contribution >= 0.6 is 11.3 Å². The zero-order chi connectivity index (χ0) is 17.3. The number of amides is 2. The minimum absolute atomic E-state index is 0.103. The number of nitrogens with zero attached hydrogens (tertiary/aromatic N) is 2. The summed E-state index contributed by atoms with van der Waals surface area (Å²) in [5.74, 6) is -0.441. The van der Waals surface area contributed by atoms with Gasteiger partial charge < -0.3 is 9.64 Å². The molecule has 0 unspecified atom stereocenters. The van der Waals surface area contributed by atoms with Crippen LogP contribution in [0.25, 0.3) is 0 Å². The first-order valence-electron chi connectivity index (χ1n) is 7.63. The van der Waals surface area contributed by atoms with Gasteiger partial charge in [0, 0.05) is 18.1 Å². The molecule has 0 saturated carbocycles. The maximum Gasteiger partial charge on any atom is 0.257 e. The molecular weight excluding hydrogens is 326 g/mol. The highest BCUT2D eigenvalue weighted by Crippen LogP contribution is 2.30. The summed E-state index contributed by atoms with van der Waals surface area (Å²) in [7, 11) is 1.70. The zero-order valence-corrected chi connectivity index (χ0v) is 14.6. The van der Waals surface area contributed by atoms with Crippen LogP contribution in [0.4, 0.5) is 5.13 Å². The van der Waals surface area contributed by atoms with Crippen molar-refractivity contribution in [1.82, 2.24) is 9.88 Å². The Morgan fingerprint density at radius 3 is 2.67 bits per heavy atom. The summed E-state index contributed by atoms with van der Waals surface area (Å²) in [4.78, 5) is 31.4. The van der Waals surface area contributed by atoms with Gasteiger partial charge >= 0.3 is 0 Å². The minimum Gasteiger partial charge on any atom is -0.356 e. The maximum absolute atomic E-state index is 12.7. The van der Waals surface area contributed by atoms with Gasteiger partial charge in [-0.15, -0.1) is 11.3 Å². The smallest absolute Gasteiger partial charge is 0.257 e. The molecule has 0 bridgehead atoms. The Hall–Kier alpha value is -2.25. The van der Waals surface area contributed by atoms with E-state index >= 15 is 0 Å². The average molecular weight is 345 g/mol. The summed E-state index contributed by atoms with van der Waals surface area (Å²) in [6.45, 7) is 3.81. The van der Waals surface area contributed by atoms with Crippen LogP contribution in [0.1, 0.15) is 22.0 Å². The third-order valence-electron chi connectivity index (χ3n) is 4.01. The van der Waals surface area contributed by atoms with E-state index in [1.807, 2.05) is 38.1 Å². The lowest BCUT2D eigenvalue weighted by atomic mass is 9.97. The van der Waals surface area contributed by atoms with Crippen molar-refractivity contribution in [2.45, 2.75) is 26.0 Å². The predicted octanol–water partition coefficient (Wildman–Crippen LogP) is 2.30. The van der Waals surface area contributed by atoms with Crippen LogP contribution in [0, 0.1) is 13.8 Å². The fraction of sp³-hybridized carbons (Fsp3) is 0.353. The highest BCUT2D eigenvalue weighted by Gasteiger charge is 2.40. The summed E-state index contributed by atoms with van der Waals surface area (Å²) in [6.07, 6.45) is 0.925. The number of thiazole rings is 1. The summed E-state index contributed by atoms with van der Waals surface area (Å²) in [5.41, 5.74) is 1.98. The van der Waals surface area contributed by atoms with Crippen LogP contribution < -0.4 is 5.32 Å². The first-order valence-corrected chi connectivity index (χ1v) is 8.44. The van der Waals surface area contributed by atoms with E-state index in [-0.39, 0.29) is 18.4 Å². The number of carbonyl (C=O) groups is 2. The minimum atomic E-state index is -0.778. The number of hydrogen-bond acceptors (Lipinski definition) is 5. The van der Waals surface area contributed by atoms with Crippen molar-refractivity contribution in [3.05, 3.63) is 46.5 Å². The third kappa shape index (κ3) is 3.32. The summed E-state index contributed by atoms with van der Waals surface area (Å²) in [5, 5.41) is 3.32. The molecule has 1 aliphatic rings. The van der Waals surface area contributed by atoms with Gasteiger partial charge in [0.05, 0.1) is 6.04 Å². The number of ether oxygens (including phenoxy) is 1. The normalized spacial score (nSPS) is 21.0. The SMILES string of the molecule is Cc1ccc([C@H]2[C@H](C(=O)Nc3ncc(C)s3)OCC(=O)N2C)cc1. The molecule has 2 heterocycles. The van der Waals surface area contributed by atoms with Crippen molar-refractivity contribution in [2.75, 3.05) is 19.0 Å². The second kappa shape index (κ2) is 6.70. The quantitative estimate of drug-likeness (QED) is 0.926. The monoisotopic (exact) mass is 345 g/mol.